The zero-order valence-corrected chi connectivity index (χ0v) is 13.5. The lowest BCUT2D eigenvalue weighted by Crippen LogP contribution is -2.36. The van der Waals surface area contributed by atoms with E-state index in [9.17, 15) is 14.7 Å². The van der Waals surface area contributed by atoms with Gasteiger partial charge in [0, 0.05) is 11.6 Å². The fourth-order valence-electron chi connectivity index (χ4n) is 1.83. The molecule has 23 heavy (non-hydrogen) atoms. The SMILES string of the molecule is O=C(NCCc1ccc(O)cc1)C(=O)Nc1ccc(Cl)cc1Cl. The van der Waals surface area contributed by atoms with E-state index in [4.69, 9.17) is 23.2 Å². The lowest BCUT2D eigenvalue weighted by atomic mass is 10.1. The van der Waals surface area contributed by atoms with Crippen LogP contribution in [-0.2, 0) is 16.0 Å². The Hall–Kier alpha value is -2.24. The van der Waals surface area contributed by atoms with Crippen LogP contribution in [0.5, 0.6) is 5.75 Å². The highest BCUT2D eigenvalue weighted by Crippen LogP contribution is 2.25. The molecule has 5 nitrogen and oxygen atoms in total. The molecule has 0 saturated heterocycles. The number of carbonyl (C=O) groups excluding carboxylic acids is 2. The van der Waals surface area contributed by atoms with Gasteiger partial charge in [0.1, 0.15) is 5.75 Å². The van der Waals surface area contributed by atoms with Gasteiger partial charge >= 0.3 is 11.8 Å². The van der Waals surface area contributed by atoms with Crippen molar-refractivity contribution in [1.29, 1.82) is 0 Å². The zero-order chi connectivity index (χ0) is 16.8. The van der Waals surface area contributed by atoms with Gasteiger partial charge in [-0.15, -0.1) is 0 Å². The predicted molar refractivity (Wildman–Crippen MR) is 89.9 cm³/mol. The molecular formula is C16H14Cl2N2O3. The maximum atomic E-state index is 11.8. The highest BCUT2D eigenvalue weighted by atomic mass is 35.5. The van der Waals surface area contributed by atoms with Crippen molar-refractivity contribution in [3.05, 3.63) is 58.1 Å². The van der Waals surface area contributed by atoms with E-state index in [1.807, 2.05) is 0 Å². The Morgan fingerprint density at radius 1 is 1.00 bits per heavy atom. The van der Waals surface area contributed by atoms with Crippen molar-refractivity contribution in [1.82, 2.24) is 5.32 Å². The number of hydrogen-bond acceptors (Lipinski definition) is 3. The third-order valence-corrected chi connectivity index (χ3v) is 3.57. The van der Waals surface area contributed by atoms with E-state index in [1.54, 1.807) is 30.3 Å². The van der Waals surface area contributed by atoms with Crippen molar-refractivity contribution in [3.8, 4) is 5.75 Å². The first kappa shape index (κ1) is 17.1. The van der Waals surface area contributed by atoms with Crippen molar-refractivity contribution >= 4 is 40.7 Å². The number of anilines is 1. The van der Waals surface area contributed by atoms with E-state index in [2.05, 4.69) is 10.6 Å². The lowest BCUT2D eigenvalue weighted by molar-refractivity contribution is -0.136. The van der Waals surface area contributed by atoms with Crippen LogP contribution in [0.3, 0.4) is 0 Å². The topological polar surface area (TPSA) is 78.4 Å². The fourth-order valence-corrected chi connectivity index (χ4v) is 2.29. The first-order chi connectivity index (χ1) is 11.0. The van der Waals surface area contributed by atoms with Crippen LogP contribution in [0.25, 0.3) is 0 Å². The Balaban J connectivity index is 1.83. The number of rotatable bonds is 4. The van der Waals surface area contributed by atoms with Gasteiger partial charge in [-0.25, -0.2) is 0 Å². The summed E-state index contributed by atoms with van der Waals surface area (Å²) in [6.45, 7) is 0.297. The van der Waals surface area contributed by atoms with E-state index in [1.165, 1.54) is 12.1 Å². The molecule has 0 aliphatic rings. The second-order valence-corrected chi connectivity index (χ2v) is 5.59. The summed E-state index contributed by atoms with van der Waals surface area (Å²) in [7, 11) is 0. The second kappa shape index (κ2) is 7.85. The van der Waals surface area contributed by atoms with E-state index in [0.717, 1.165) is 5.56 Å². The number of phenolic OH excluding ortho intramolecular Hbond substituents is 1. The zero-order valence-electron chi connectivity index (χ0n) is 12.0. The van der Waals surface area contributed by atoms with Crippen LogP contribution in [0.4, 0.5) is 5.69 Å². The van der Waals surface area contributed by atoms with Gasteiger partial charge in [-0.2, -0.15) is 0 Å². The smallest absolute Gasteiger partial charge is 0.313 e. The van der Waals surface area contributed by atoms with E-state index in [-0.39, 0.29) is 10.8 Å². The van der Waals surface area contributed by atoms with Crippen LogP contribution in [0.1, 0.15) is 5.56 Å². The van der Waals surface area contributed by atoms with E-state index < -0.39 is 11.8 Å². The number of halogens is 2. The number of amides is 2. The fraction of sp³-hybridized carbons (Fsp3) is 0.125. The molecule has 0 radical (unpaired) electrons. The van der Waals surface area contributed by atoms with Crippen LogP contribution in [0, 0.1) is 0 Å². The quantitative estimate of drug-likeness (QED) is 0.740. The van der Waals surface area contributed by atoms with Crippen molar-refractivity contribution < 1.29 is 14.7 Å². The van der Waals surface area contributed by atoms with Gasteiger partial charge in [-0.1, -0.05) is 35.3 Å². The summed E-state index contributed by atoms with van der Waals surface area (Å²) in [5, 5.41) is 14.8. The van der Waals surface area contributed by atoms with Gasteiger partial charge in [0.15, 0.2) is 0 Å². The Morgan fingerprint density at radius 2 is 1.70 bits per heavy atom. The van der Waals surface area contributed by atoms with Gasteiger partial charge in [-0.05, 0) is 42.3 Å². The summed E-state index contributed by atoms with van der Waals surface area (Å²) < 4.78 is 0. The summed E-state index contributed by atoms with van der Waals surface area (Å²) in [6.07, 6.45) is 0.543. The molecule has 0 bridgehead atoms. The first-order valence-corrected chi connectivity index (χ1v) is 7.53. The molecular weight excluding hydrogens is 339 g/mol. The number of phenols is 1. The number of benzene rings is 2. The van der Waals surface area contributed by atoms with Crippen LogP contribution in [-0.4, -0.2) is 23.5 Å². The molecule has 0 aromatic heterocycles. The highest BCUT2D eigenvalue weighted by molar-refractivity contribution is 6.42. The summed E-state index contributed by atoms with van der Waals surface area (Å²) in [5.41, 5.74) is 1.25. The molecule has 0 spiro atoms. The lowest BCUT2D eigenvalue weighted by Gasteiger charge is -2.08. The molecule has 7 heteroatoms. The Morgan fingerprint density at radius 3 is 2.35 bits per heavy atom. The van der Waals surface area contributed by atoms with Gasteiger partial charge in [0.05, 0.1) is 10.7 Å². The number of hydrogen-bond donors (Lipinski definition) is 3. The molecule has 120 valence electrons. The minimum Gasteiger partial charge on any atom is -0.508 e. The third kappa shape index (κ3) is 5.16. The summed E-state index contributed by atoms with van der Waals surface area (Å²) in [6, 6.07) is 11.2. The maximum Gasteiger partial charge on any atom is 0.313 e. The minimum atomic E-state index is -0.806. The summed E-state index contributed by atoms with van der Waals surface area (Å²) in [5.74, 6) is -1.38. The molecule has 0 heterocycles. The molecule has 0 saturated carbocycles. The van der Waals surface area contributed by atoms with Gasteiger partial charge < -0.3 is 15.7 Å². The highest BCUT2D eigenvalue weighted by Gasteiger charge is 2.14. The van der Waals surface area contributed by atoms with Crippen molar-refractivity contribution in [2.45, 2.75) is 6.42 Å². The molecule has 0 unspecified atom stereocenters. The van der Waals surface area contributed by atoms with Gasteiger partial charge in [0.25, 0.3) is 0 Å². The second-order valence-electron chi connectivity index (χ2n) is 4.75. The molecule has 2 rings (SSSR count). The number of carbonyl (C=O) groups is 2. The maximum absolute atomic E-state index is 11.8. The molecule has 2 aromatic rings. The van der Waals surface area contributed by atoms with Crippen LogP contribution in [0.2, 0.25) is 10.0 Å². The molecule has 2 amide bonds. The summed E-state index contributed by atoms with van der Waals surface area (Å²) >= 11 is 11.7. The van der Waals surface area contributed by atoms with Crippen molar-refractivity contribution in [2.24, 2.45) is 0 Å². The Bertz CT molecular complexity index is 718. The average Bonchev–Trinajstić information content (AvgIpc) is 2.51. The minimum absolute atomic E-state index is 0.178. The average molecular weight is 353 g/mol. The first-order valence-electron chi connectivity index (χ1n) is 6.78. The van der Waals surface area contributed by atoms with Crippen LogP contribution < -0.4 is 10.6 Å². The third-order valence-electron chi connectivity index (χ3n) is 3.02. The Kier molecular flexibility index (Phi) is 5.84. The number of aromatic hydroxyl groups is 1. The van der Waals surface area contributed by atoms with Crippen molar-refractivity contribution in [2.75, 3.05) is 11.9 Å². The molecule has 3 N–H and O–H groups in total. The molecule has 2 aromatic carbocycles. The van der Waals surface area contributed by atoms with Crippen molar-refractivity contribution in [3.63, 3.8) is 0 Å². The molecule has 0 atom stereocenters. The van der Waals surface area contributed by atoms with Gasteiger partial charge in [-0.3, -0.25) is 9.59 Å². The van der Waals surface area contributed by atoms with Gasteiger partial charge in [0.2, 0.25) is 0 Å². The van der Waals surface area contributed by atoms with Crippen LogP contribution in [0.15, 0.2) is 42.5 Å². The molecule has 0 fully saturated rings. The Labute approximate surface area is 143 Å². The monoisotopic (exact) mass is 352 g/mol. The molecule has 0 aliphatic heterocycles. The van der Waals surface area contributed by atoms with E-state index >= 15 is 0 Å². The number of nitrogens with one attached hydrogen (secondary N) is 2. The molecule has 0 aliphatic carbocycles. The normalized spacial score (nSPS) is 10.2. The van der Waals surface area contributed by atoms with Crippen LogP contribution >= 0.6 is 23.2 Å². The summed E-state index contributed by atoms with van der Waals surface area (Å²) in [4.78, 5) is 23.5. The van der Waals surface area contributed by atoms with E-state index in [0.29, 0.717) is 23.7 Å². The largest absolute Gasteiger partial charge is 0.508 e. The standard InChI is InChI=1S/C16H14Cl2N2O3/c17-11-3-6-14(13(18)9-11)20-16(23)15(22)19-8-7-10-1-4-12(21)5-2-10/h1-6,9,21H,7-8H2,(H,19,22)(H,20,23). The predicted octanol–water partition coefficient (Wildman–Crippen LogP) is 3.00.